The second-order valence-corrected chi connectivity index (χ2v) is 16.0. The Morgan fingerprint density at radius 3 is 1.26 bits per heavy atom. The Balaban J connectivity index is 4.15. The van der Waals surface area contributed by atoms with E-state index in [0.29, 0.717) is 26.1 Å². The van der Waals surface area contributed by atoms with Gasteiger partial charge in [0.05, 0.1) is 6.61 Å². The quantitative estimate of drug-likeness (QED) is 0.0352. The minimum absolute atomic E-state index is 0.0876. The highest BCUT2D eigenvalue weighted by Crippen LogP contribution is 2.15. The van der Waals surface area contributed by atoms with Gasteiger partial charge in [0.15, 0.2) is 6.10 Å². The molecule has 0 saturated heterocycles. The van der Waals surface area contributed by atoms with E-state index >= 15 is 0 Å². The summed E-state index contributed by atoms with van der Waals surface area (Å²) in [7, 11) is 0. The molecule has 0 radical (unpaired) electrons. The number of unbranched alkanes of at least 4 members (excludes halogenated alkanes) is 29. The summed E-state index contributed by atoms with van der Waals surface area (Å²) in [5.41, 5.74) is 0. The molecule has 0 aromatic carbocycles. The van der Waals surface area contributed by atoms with Crippen LogP contribution in [0.15, 0.2) is 24.3 Å². The molecule has 0 bridgehead atoms. The highest BCUT2D eigenvalue weighted by Gasteiger charge is 2.17. The van der Waals surface area contributed by atoms with Crippen LogP contribution in [-0.2, 0) is 23.8 Å². The fraction of sp³-hybridized carbons (Fsp3) is 0.878. The lowest BCUT2D eigenvalue weighted by Gasteiger charge is -2.18. The molecule has 0 N–H and O–H groups in total. The molecular weight excluding hydrogens is 669 g/mol. The van der Waals surface area contributed by atoms with Crippen LogP contribution in [0.25, 0.3) is 0 Å². The minimum atomic E-state index is -0.528. The zero-order valence-corrected chi connectivity index (χ0v) is 36.5. The standard InChI is InChI=1S/C49H92O5/c1-4-7-10-13-16-19-21-23-24-25-26-28-29-31-33-36-39-42-48(50)53-46-47(45-52-44-41-38-35-18-15-12-9-6-3)54-49(51)43-40-37-34-32-30-27-22-20-17-14-11-8-5-2/h16,19,23-24,47H,4-15,17-18,20-22,25-46H2,1-3H3/b19-16-,24-23-. The van der Waals surface area contributed by atoms with Crippen molar-refractivity contribution in [2.75, 3.05) is 19.8 Å². The summed E-state index contributed by atoms with van der Waals surface area (Å²) in [6.07, 6.45) is 51.7. The molecule has 0 fully saturated rings. The first-order chi connectivity index (χ1) is 26.6. The van der Waals surface area contributed by atoms with Crippen LogP contribution in [0.3, 0.4) is 0 Å². The molecule has 0 spiro atoms. The molecule has 1 unspecified atom stereocenters. The predicted octanol–water partition coefficient (Wildman–Crippen LogP) is 15.7. The van der Waals surface area contributed by atoms with Gasteiger partial charge in [0.2, 0.25) is 0 Å². The van der Waals surface area contributed by atoms with Gasteiger partial charge in [0.1, 0.15) is 6.61 Å². The third-order valence-corrected chi connectivity index (χ3v) is 10.5. The number of carbonyl (C=O) groups excluding carboxylic acids is 2. The predicted molar refractivity (Wildman–Crippen MR) is 233 cm³/mol. The largest absolute Gasteiger partial charge is 0.462 e. The first-order valence-electron chi connectivity index (χ1n) is 23.9. The molecule has 0 aliphatic heterocycles. The summed E-state index contributed by atoms with van der Waals surface area (Å²) in [6.45, 7) is 7.81. The van der Waals surface area contributed by atoms with Crippen LogP contribution in [0.1, 0.15) is 252 Å². The molecule has 5 nitrogen and oxygen atoms in total. The summed E-state index contributed by atoms with van der Waals surface area (Å²) < 4.78 is 17.3. The van der Waals surface area contributed by atoms with Crippen LogP contribution in [0.4, 0.5) is 0 Å². The number of ether oxygens (including phenoxy) is 3. The van der Waals surface area contributed by atoms with E-state index in [1.54, 1.807) is 0 Å². The van der Waals surface area contributed by atoms with E-state index in [2.05, 4.69) is 45.1 Å². The van der Waals surface area contributed by atoms with Crippen molar-refractivity contribution < 1.29 is 23.8 Å². The van der Waals surface area contributed by atoms with E-state index in [9.17, 15) is 9.59 Å². The fourth-order valence-electron chi connectivity index (χ4n) is 6.89. The van der Waals surface area contributed by atoms with Gasteiger partial charge < -0.3 is 14.2 Å². The molecule has 1 atom stereocenters. The Hall–Kier alpha value is -1.62. The topological polar surface area (TPSA) is 61.8 Å². The van der Waals surface area contributed by atoms with Crippen molar-refractivity contribution in [3.8, 4) is 0 Å². The highest BCUT2D eigenvalue weighted by molar-refractivity contribution is 5.70. The molecule has 0 saturated carbocycles. The fourth-order valence-corrected chi connectivity index (χ4v) is 6.89. The molecule has 0 rings (SSSR count). The van der Waals surface area contributed by atoms with E-state index in [4.69, 9.17) is 14.2 Å². The monoisotopic (exact) mass is 761 g/mol. The number of hydrogen-bond acceptors (Lipinski definition) is 5. The number of carbonyl (C=O) groups is 2. The highest BCUT2D eigenvalue weighted by atomic mass is 16.6. The molecule has 54 heavy (non-hydrogen) atoms. The van der Waals surface area contributed by atoms with Gasteiger partial charge in [0.25, 0.3) is 0 Å². The van der Waals surface area contributed by atoms with Crippen molar-refractivity contribution >= 4 is 11.9 Å². The van der Waals surface area contributed by atoms with Crippen LogP contribution in [0.5, 0.6) is 0 Å². The Morgan fingerprint density at radius 1 is 0.407 bits per heavy atom. The molecular formula is C49H92O5. The summed E-state index contributed by atoms with van der Waals surface area (Å²) in [4.78, 5) is 25.2. The average Bonchev–Trinajstić information content (AvgIpc) is 3.17. The zero-order chi connectivity index (χ0) is 39.3. The van der Waals surface area contributed by atoms with Gasteiger partial charge in [-0.25, -0.2) is 0 Å². The van der Waals surface area contributed by atoms with E-state index in [1.165, 1.54) is 173 Å². The average molecular weight is 761 g/mol. The van der Waals surface area contributed by atoms with Gasteiger partial charge in [-0.1, -0.05) is 212 Å². The van der Waals surface area contributed by atoms with Crippen molar-refractivity contribution in [1.82, 2.24) is 0 Å². The van der Waals surface area contributed by atoms with E-state index in [0.717, 1.165) is 44.9 Å². The number of allylic oxidation sites excluding steroid dienone is 4. The molecule has 0 aliphatic rings. The summed E-state index contributed by atoms with van der Waals surface area (Å²) in [6, 6.07) is 0. The summed E-state index contributed by atoms with van der Waals surface area (Å²) >= 11 is 0. The Bertz CT molecular complexity index is 821. The van der Waals surface area contributed by atoms with Crippen molar-refractivity contribution in [2.24, 2.45) is 0 Å². The number of hydrogen-bond donors (Lipinski definition) is 0. The molecule has 318 valence electrons. The number of rotatable bonds is 44. The Morgan fingerprint density at radius 2 is 0.778 bits per heavy atom. The van der Waals surface area contributed by atoms with E-state index in [-0.39, 0.29) is 18.5 Å². The van der Waals surface area contributed by atoms with E-state index < -0.39 is 6.10 Å². The lowest BCUT2D eigenvalue weighted by atomic mass is 10.0. The lowest BCUT2D eigenvalue weighted by molar-refractivity contribution is -0.163. The third-order valence-electron chi connectivity index (χ3n) is 10.5. The van der Waals surface area contributed by atoms with Crippen molar-refractivity contribution in [1.29, 1.82) is 0 Å². The molecule has 0 aliphatic carbocycles. The molecule has 0 amide bonds. The summed E-state index contributed by atoms with van der Waals surface area (Å²) in [5, 5.41) is 0. The van der Waals surface area contributed by atoms with Crippen LogP contribution in [0, 0.1) is 0 Å². The number of esters is 2. The third kappa shape index (κ3) is 43.1. The van der Waals surface area contributed by atoms with Crippen LogP contribution >= 0.6 is 0 Å². The van der Waals surface area contributed by atoms with Gasteiger partial charge in [-0.3, -0.25) is 9.59 Å². The zero-order valence-electron chi connectivity index (χ0n) is 36.5. The first kappa shape index (κ1) is 52.4. The molecule has 0 aromatic heterocycles. The van der Waals surface area contributed by atoms with Crippen molar-refractivity contribution in [3.05, 3.63) is 24.3 Å². The first-order valence-corrected chi connectivity index (χ1v) is 23.9. The lowest BCUT2D eigenvalue weighted by Crippen LogP contribution is -2.30. The van der Waals surface area contributed by atoms with Crippen LogP contribution in [-0.4, -0.2) is 37.9 Å². The maximum Gasteiger partial charge on any atom is 0.306 e. The molecule has 0 aromatic rings. The second kappa shape index (κ2) is 45.8. The molecule has 5 heteroatoms. The van der Waals surface area contributed by atoms with Gasteiger partial charge in [0, 0.05) is 19.4 Å². The summed E-state index contributed by atoms with van der Waals surface area (Å²) in [5.74, 6) is -0.394. The van der Waals surface area contributed by atoms with Crippen molar-refractivity contribution in [2.45, 2.75) is 258 Å². The maximum absolute atomic E-state index is 12.7. The van der Waals surface area contributed by atoms with Gasteiger partial charge >= 0.3 is 11.9 Å². The van der Waals surface area contributed by atoms with Gasteiger partial charge in [-0.15, -0.1) is 0 Å². The second-order valence-electron chi connectivity index (χ2n) is 16.0. The Kier molecular flexibility index (Phi) is 44.4. The van der Waals surface area contributed by atoms with Gasteiger partial charge in [-0.2, -0.15) is 0 Å². The minimum Gasteiger partial charge on any atom is -0.462 e. The van der Waals surface area contributed by atoms with Crippen LogP contribution < -0.4 is 0 Å². The van der Waals surface area contributed by atoms with Crippen LogP contribution in [0.2, 0.25) is 0 Å². The van der Waals surface area contributed by atoms with Crippen molar-refractivity contribution in [3.63, 3.8) is 0 Å². The normalized spacial score (nSPS) is 12.3. The maximum atomic E-state index is 12.7. The SMILES string of the molecule is CCCCC/C=C\C/C=C\CCCCCCCCCC(=O)OCC(COCCCCCCCCCC)OC(=O)CCCCCCCCCCCCCCC. The Labute approximate surface area is 337 Å². The van der Waals surface area contributed by atoms with Gasteiger partial charge in [-0.05, 0) is 51.4 Å². The molecule has 0 heterocycles. The smallest absolute Gasteiger partial charge is 0.306 e. The van der Waals surface area contributed by atoms with E-state index in [1.807, 2.05) is 0 Å².